The minimum atomic E-state index is 0.133. The van der Waals surface area contributed by atoms with Gasteiger partial charge in [0.1, 0.15) is 0 Å². The molecular formula is C12H17NO2. The second-order valence-electron chi connectivity index (χ2n) is 4.73. The van der Waals surface area contributed by atoms with E-state index in [-0.39, 0.29) is 5.41 Å². The van der Waals surface area contributed by atoms with Gasteiger partial charge in [0.15, 0.2) is 11.5 Å². The molecule has 0 radical (unpaired) electrons. The third kappa shape index (κ3) is 2.23. The average Bonchev–Trinajstić information content (AvgIpc) is 2.64. The molecule has 0 fully saturated rings. The van der Waals surface area contributed by atoms with Crippen molar-refractivity contribution in [3.05, 3.63) is 23.8 Å². The van der Waals surface area contributed by atoms with E-state index in [4.69, 9.17) is 15.2 Å². The Morgan fingerprint density at radius 2 is 2.00 bits per heavy atom. The summed E-state index contributed by atoms with van der Waals surface area (Å²) >= 11 is 0. The molecule has 1 aliphatic rings. The van der Waals surface area contributed by atoms with Crippen molar-refractivity contribution in [2.24, 2.45) is 11.1 Å². The van der Waals surface area contributed by atoms with E-state index in [0.717, 1.165) is 17.9 Å². The van der Waals surface area contributed by atoms with Crippen molar-refractivity contribution in [1.82, 2.24) is 0 Å². The Morgan fingerprint density at radius 1 is 1.27 bits per heavy atom. The van der Waals surface area contributed by atoms with Gasteiger partial charge in [0.05, 0.1) is 0 Å². The Labute approximate surface area is 90.2 Å². The zero-order chi connectivity index (χ0) is 10.9. The van der Waals surface area contributed by atoms with Crippen LogP contribution in [0.5, 0.6) is 11.5 Å². The van der Waals surface area contributed by atoms with Gasteiger partial charge in [-0.25, -0.2) is 0 Å². The van der Waals surface area contributed by atoms with Crippen molar-refractivity contribution in [3.63, 3.8) is 0 Å². The van der Waals surface area contributed by atoms with Crippen molar-refractivity contribution in [1.29, 1.82) is 0 Å². The van der Waals surface area contributed by atoms with Crippen LogP contribution in [0.4, 0.5) is 0 Å². The number of rotatable bonds is 3. The summed E-state index contributed by atoms with van der Waals surface area (Å²) in [6.45, 7) is 5.34. The Bertz CT molecular complexity index is 361. The number of nitrogens with two attached hydrogens (primary N) is 1. The monoisotopic (exact) mass is 207 g/mol. The first-order valence-electron chi connectivity index (χ1n) is 5.19. The van der Waals surface area contributed by atoms with Gasteiger partial charge < -0.3 is 15.2 Å². The molecule has 82 valence electrons. The Morgan fingerprint density at radius 3 is 2.73 bits per heavy atom. The van der Waals surface area contributed by atoms with E-state index in [2.05, 4.69) is 19.9 Å². The van der Waals surface area contributed by atoms with Crippen molar-refractivity contribution in [2.45, 2.75) is 20.3 Å². The van der Waals surface area contributed by atoms with Crippen LogP contribution < -0.4 is 15.2 Å². The van der Waals surface area contributed by atoms with Crippen LogP contribution in [0.2, 0.25) is 0 Å². The predicted molar refractivity (Wildman–Crippen MR) is 59.1 cm³/mol. The Balaban J connectivity index is 2.17. The van der Waals surface area contributed by atoms with Gasteiger partial charge >= 0.3 is 0 Å². The summed E-state index contributed by atoms with van der Waals surface area (Å²) in [5.74, 6) is 1.68. The summed E-state index contributed by atoms with van der Waals surface area (Å²) in [7, 11) is 0. The lowest BCUT2D eigenvalue weighted by Gasteiger charge is -2.22. The summed E-state index contributed by atoms with van der Waals surface area (Å²) in [6, 6.07) is 6.08. The fourth-order valence-corrected chi connectivity index (χ4v) is 1.68. The highest BCUT2D eigenvalue weighted by atomic mass is 16.7. The van der Waals surface area contributed by atoms with Crippen LogP contribution in [0.25, 0.3) is 0 Å². The van der Waals surface area contributed by atoms with Crippen molar-refractivity contribution in [2.75, 3.05) is 13.3 Å². The maximum atomic E-state index is 5.71. The van der Waals surface area contributed by atoms with E-state index in [1.54, 1.807) is 0 Å². The van der Waals surface area contributed by atoms with E-state index in [0.29, 0.717) is 13.3 Å². The maximum absolute atomic E-state index is 5.71. The minimum absolute atomic E-state index is 0.133. The number of hydrogen-bond acceptors (Lipinski definition) is 3. The molecule has 0 aliphatic carbocycles. The van der Waals surface area contributed by atoms with Crippen molar-refractivity contribution in [3.8, 4) is 11.5 Å². The van der Waals surface area contributed by atoms with Crippen LogP contribution >= 0.6 is 0 Å². The van der Waals surface area contributed by atoms with E-state index >= 15 is 0 Å². The first kappa shape index (κ1) is 10.3. The summed E-state index contributed by atoms with van der Waals surface area (Å²) in [5, 5.41) is 0. The number of benzene rings is 1. The molecule has 1 aliphatic heterocycles. The second-order valence-corrected chi connectivity index (χ2v) is 4.73. The van der Waals surface area contributed by atoms with Gasteiger partial charge in [-0.1, -0.05) is 19.9 Å². The largest absolute Gasteiger partial charge is 0.454 e. The van der Waals surface area contributed by atoms with E-state index < -0.39 is 0 Å². The van der Waals surface area contributed by atoms with Gasteiger partial charge in [-0.15, -0.1) is 0 Å². The van der Waals surface area contributed by atoms with Crippen LogP contribution in [0.15, 0.2) is 18.2 Å². The number of fused-ring (bicyclic) bond motifs is 1. The molecule has 3 nitrogen and oxygen atoms in total. The molecule has 1 aromatic carbocycles. The van der Waals surface area contributed by atoms with E-state index in [1.807, 2.05) is 12.1 Å². The Kier molecular flexibility index (Phi) is 2.57. The highest BCUT2D eigenvalue weighted by molar-refractivity contribution is 5.44. The van der Waals surface area contributed by atoms with Crippen LogP contribution in [0.3, 0.4) is 0 Å². The zero-order valence-corrected chi connectivity index (χ0v) is 9.25. The second kappa shape index (κ2) is 3.74. The molecule has 3 heteroatoms. The first-order valence-corrected chi connectivity index (χ1v) is 5.19. The molecule has 1 heterocycles. The van der Waals surface area contributed by atoms with Gasteiger partial charge in [-0.3, -0.25) is 0 Å². The maximum Gasteiger partial charge on any atom is 0.231 e. The van der Waals surface area contributed by atoms with Crippen molar-refractivity contribution >= 4 is 0 Å². The van der Waals surface area contributed by atoms with Crippen LogP contribution in [0.1, 0.15) is 19.4 Å². The molecule has 0 aromatic heterocycles. The number of ether oxygens (including phenoxy) is 2. The minimum Gasteiger partial charge on any atom is -0.454 e. The average molecular weight is 207 g/mol. The molecule has 0 unspecified atom stereocenters. The normalized spacial score (nSPS) is 14.3. The molecule has 0 atom stereocenters. The SMILES string of the molecule is CC(C)(CN)Cc1ccc2c(c1)OCO2. The first-order chi connectivity index (χ1) is 7.11. The third-order valence-corrected chi connectivity index (χ3v) is 2.67. The lowest BCUT2D eigenvalue weighted by atomic mass is 9.86. The smallest absolute Gasteiger partial charge is 0.231 e. The standard InChI is InChI=1S/C12H17NO2/c1-12(2,7-13)6-9-3-4-10-11(5-9)15-8-14-10/h3-5H,6-8,13H2,1-2H3. The fourth-order valence-electron chi connectivity index (χ4n) is 1.68. The molecule has 2 rings (SSSR count). The molecule has 1 aromatic rings. The quantitative estimate of drug-likeness (QED) is 0.823. The highest BCUT2D eigenvalue weighted by Crippen LogP contribution is 2.34. The lowest BCUT2D eigenvalue weighted by Crippen LogP contribution is -2.25. The molecule has 0 saturated heterocycles. The van der Waals surface area contributed by atoms with E-state index in [9.17, 15) is 0 Å². The summed E-state index contributed by atoms with van der Waals surface area (Å²) in [4.78, 5) is 0. The molecule has 0 saturated carbocycles. The molecule has 0 bridgehead atoms. The summed E-state index contributed by atoms with van der Waals surface area (Å²) in [6.07, 6.45) is 0.958. The van der Waals surface area contributed by atoms with Gasteiger partial charge in [0.2, 0.25) is 6.79 Å². The third-order valence-electron chi connectivity index (χ3n) is 2.67. The molecule has 0 amide bonds. The predicted octanol–water partition coefficient (Wildman–Crippen LogP) is 1.94. The molecule has 2 N–H and O–H groups in total. The van der Waals surface area contributed by atoms with Crippen LogP contribution in [-0.2, 0) is 6.42 Å². The lowest BCUT2D eigenvalue weighted by molar-refractivity contribution is 0.174. The van der Waals surface area contributed by atoms with Gasteiger partial charge in [-0.2, -0.15) is 0 Å². The molecular weight excluding hydrogens is 190 g/mol. The summed E-state index contributed by atoms with van der Waals surface area (Å²) < 4.78 is 10.6. The molecule has 15 heavy (non-hydrogen) atoms. The zero-order valence-electron chi connectivity index (χ0n) is 9.25. The van der Waals surface area contributed by atoms with Crippen molar-refractivity contribution < 1.29 is 9.47 Å². The van der Waals surface area contributed by atoms with Gasteiger partial charge in [-0.05, 0) is 36.1 Å². The topological polar surface area (TPSA) is 44.5 Å². The number of hydrogen-bond donors (Lipinski definition) is 1. The fraction of sp³-hybridized carbons (Fsp3) is 0.500. The summed E-state index contributed by atoms with van der Waals surface area (Å²) in [5.41, 5.74) is 7.09. The molecule has 0 spiro atoms. The van der Waals surface area contributed by atoms with Gasteiger partial charge in [0.25, 0.3) is 0 Å². The Hall–Kier alpha value is -1.22. The van der Waals surface area contributed by atoms with E-state index in [1.165, 1.54) is 5.56 Å². The van der Waals surface area contributed by atoms with Gasteiger partial charge in [0, 0.05) is 0 Å². The van der Waals surface area contributed by atoms with Crippen LogP contribution in [0, 0.1) is 5.41 Å². The van der Waals surface area contributed by atoms with Crippen LogP contribution in [-0.4, -0.2) is 13.3 Å². The highest BCUT2D eigenvalue weighted by Gasteiger charge is 2.19.